The van der Waals surface area contributed by atoms with E-state index in [1.807, 2.05) is 6.07 Å². The van der Waals surface area contributed by atoms with Gasteiger partial charge in [-0.05, 0) is 31.0 Å². The van der Waals surface area contributed by atoms with Crippen LogP contribution in [-0.2, 0) is 6.54 Å². The van der Waals surface area contributed by atoms with Crippen LogP contribution in [0.3, 0.4) is 0 Å². The van der Waals surface area contributed by atoms with Gasteiger partial charge in [0.1, 0.15) is 5.75 Å². The predicted molar refractivity (Wildman–Crippen MR) is 62.2 cm³/mol. The Morgan fingerprint density at radius 3 is 2.80 bits per heavy atom. The number of phenolic OH excluding ortho intramolecular Hbond substituents is 1. The first kappa shape index (κ1) is 10.8. The molecule has 1 aliphatic carbocycles. The number of hydrogen-bond acceptors (Lipinski definition) is 2. The number of hydrogen-bond donors (Lipinski definition) is 2. The number of halogens is 1. The van der Waals surface area contributed by atoms with E-state index in [4.69, 9.17) is 11.6 Å². The average molecular weight is 226 g/mol. The molecule has 0 radical (unpaired) electrons. The summed E-state index contributed by atoms with van der Waals surface area (Å²) in [6.45, 7) is 0.705. The molecule has 1 aromatic rings. The zero-order valence-electron chi connectivity index (χ0n) is 8.67. The standard InChI is InChI=1S/C12H16ClNO/c13-10-5-6-12(15)9(7-10)8-14-11-3-1-2-4-11/h5-7,11,14-15H,1-4,8H2. The molecule has 0 aliphatic heterocycles. The third-order valence-corrected chi connectivity index (χ3v) is 3.21. The Labute approximate surface area is 95.3 Å². The smallest absolute Gasteiger partial charge is 0.120 e. The Morgan fingerprint density at radius 1 is 1.33 bits per heavy atom. The molecule has 2 N–H and O–H groups in total. The van der Waals surface area contributed by atoms with Crippen LogP contribution >= 0.6 is 11.6 Å². The van der Waals surface area contributed by atoms with Crippen LogP contribution in [0.15, 0.2) is 18.2 Å². The Morgan fingerprint density at radius 2 is 2.07 bits per heavy atom. The van der Waals surface area contributed by atoms with Gasteiger partial charge in [-0.1, -0.05) is 24.4 Å². The van der Waals surface area contributed by atoms with E-state index >= 15 is 0 Å². The molecule has 82 valence electrons. The maximum Gasteiger partial charge on any atom is 0.120 e. The fourth-order valence-electron chi connectivity index (χ4n) is 2.08. The second kappa shape index (κ2) is 4.86. The topological polar surface area (TPSA) is 32.3 Å². The van der Waals surface area contributed by atoms with Gasteiger partial charge in [0.25, 0.3) is 0 Å². The Kier molecular flexibility index (Phi) is 3.49. The van der Waals surface area contributed by atoms with Gasteiger partial charge in [-0.3, -0.25) is 0 Å². The van der Waals surface area contributed by atoms with Gasteiger partial charge in [-0.25, -0.2) is 0 Å². The quantitative estimate of drug-likeness (QED) is 0.829. The van der Waals surface area contributed by atoms with Gasteiger partial charge < -0.3 is 10.4 Å². The summed E-state index contributed by atoms with van der Waals surface area (Å²) in [6.07, 6.45) is 5.14. The molecule has 0 aromatic heterocycles. The van der Waals surface area contributed by atoms with E-state index in [1.54, 1.807) is 12.1 Å². The van der Waals surface area contributed by atoms with Crippen LogP contribution in [0.2, 0.25) is 5.02 Å². The minimum atomic E-state index is 0.324. The third-order valence-electron chi connectivity index (χ3n) is 2.98. The minimum absolute atomic E-state index is 0.324. The zero-order valence-corrected chi connectivity index (χ0v) is 9.43. The summed E-state index contributed by atoms with van der Waals surface area (Å²) in [5.74, 6) is 0.324. The number of benzene rings is 1. The normalized spacial score (nSPS) is 17.1. The summed E-state index contributed by atoms with van der Waals surface area (Å²) >= 11 is 5.87. The van der Waals surface area contributed by atoms with Gasteiger partial charge in [0.15, 0.2) is 0 Å². The van der Waals surface area contributed by atoms with Crippen LogP contribution in [0.4, 0.5) is 0 Å². The molecule has 0 saturated heterocycles. The second-order valence-corrected chi connectivity index (χ2v) is 4.57. The highest BCUT2D eigenvalue weighted by molar-refractivity contribution is 6.30. The lowest BCUT2D eigenvalue weighted by Gasteiger charge is -2.12. The monoisotopic (exact) mass is 225 g/mol. The van der Waals surface area contributed by atoms with E-state index in [0.29, 0.717) is 23.4 Å². The van der Waals surface area contributed by atoms with Crippen molar-refractivity contribution >= 4 is 11.6 Å². The summed E-state index contributed by atoms with van der Waals surface area (Å²) in [5.41, 5.74) is 0.884. The SMILES string of the molecule is Oc1ccc(Cl)cc1CNC1CCCC1. The van der Waals surface area contributed by atoms with Crippen molar-refractivity contribution in [3.8, 4) is 5.75 Å². The van der Waals surface area contributed by atoms with Crippen molar-refractivity contribution in [1.29, 1.82) is 0 Å². The Hall–Kier alpha value is -0.730. The van der Waals surface area contributed by atoms with Gasteiger partial charge in [0, 0.05) is 23.2 Å². The summed E-state index contributed by atoms with van der Waals surface area (Å²) < 4.78 is 0. The average Bonchev–Trinajstić information content (AvgIpc) is 2.72. The van der Waals surface area contributed by atoms with Crippen LogP contribution in [0.1, 0.15) is 31.2 Å². The molecule has 0 atom stereocenters. The molecule has 2 nitrogen and oxygen atoms in total. The van der Waals surface area contributed by atoms with E-state index < -0.39 is 0 Å². The fourth-order valence-corrected chi connectivity index (χ4v) is 2.27. The molecule has 1 aliphatic rings. The maximum atomic E-state index is 9.61. The van der Waals surface area contributed by atoms with E-state index in [9.17, 15) is 5.11 Å². The third kappa shape index (κ3) is 2.86. The molecule has 3 heteroatoms. The summed E-state index contributed by atoms with van der Waals surface area (Å²) in [7, 11) is 0. The molecular weight excluding hydrogens is 210 g/mol. The lowest BCUT2D eigenvalue weighted by Crippen LogP contribution is -2.25. The molecule has 0 heterocycles. The summed E-state index contributed by atoms with van der Waals surface area (Å²) in [6, 6.07) is 5.78. The lowest BCUT2D eigenvalue weighted by atomic mass is 10.1. The fraction of sp³-hybridized carbons (Fsp3) is 0.500. The largest absolute Gasteiger partial charge is 0.508 e. The first-order valence-corrected chi connectivity index (χ1v) is 5.84. The van der Waals surface area contributed by atoms with Crippen LogP contribution < -0.4 is 5.32 Å². The molecule has 15 heavy (non-hydrogen) atoms. The van der Waals surface area contributed by atoms with Gasteiger partial charge in [-0.15, -0.1) is 0 Å². The minimum Gasteiger partial charge on any atom is -0.508 e. The highest BCUT2D eigenvalue weighted by Crippen LogP contribution is 2.23. The lowest BCUT2D eigenvalue weighted by molar-refractivity contribution is 0.456. The predicted octanol–water partition coefficient (Wildman–Crippen LogP) is 3.08. The summed E-state index contributed by atoms with van der Waals surface area (Å²) in [5, 5.41) is 13.7. The van der Waals surface area contributed by atoms with Crippen LogP contribution in [0.25, 0.3) is 0 Å². The first-order valence-electron chi connectivity index (χ1n) is 5.46. The van der Waals surface area contributed by atoms with Crippen molar-refractivity contribution in [2.24, 2.45) is 0 Å². The second-order valence-electron chi connectivity index (χ2n) is 4.14. The molecule has 1 aromatic carbocycles. The van der Waals surface area contributed by atoms with Crippen LogP contribution in [0.5, 0.6) is 5.75 Å². The molecule has 0 unspecified atom stereocenters. The van der Waals surface area contributed by atoms with Gasteiger partial charge >= 0.3 is 0 Å². The van der Waals surface area contributed by atoms with Gasteiger partial charge in [0.2, 0.25) is 0 Å². The van der Waals surface area contributed by atoms with Crippen molar-refractivity contribution in [3.63, 3.8) is 0 Å². The highest BCUT2D eigenvalue weighted by atomic mass is 35.5. The number of rotatable bonds is 3. The van der Waals surface area contributed by atoms with Crippen LogP contribution in [0, 0.1) is 0 Å². The number of aromatic hydroxyl groups is 1. The molecule has 1 saturated carbocycles. The summed E-state index contributed by atoms with van der Waals surface area (Å²) in [4.78, 5) is 0. The molecule has 1 fully saturated rings. The highest BCUT2D eigenvalue weighted by Gasteiger charge is 2.14. The molecule has 2 rings (SSSR count). The molecule has 0 amide bonds. The van der Waals surface area contributed by atoms with Crippen molar-refractivity contribution in [1.82, 2.24) is 5.32 Å². The number of phenols is 1. The maximum absolute atomic E-state index is 9.61. The van der Waals surface area contributed by atoms with E-state index in [2.05, 4.69) is 5.32 Å². The molecular formula is C12H16ClNO. The van der Waals surface area contributed by atoms with Crippen molar-refractivity contribution in [2.75, 3.05) is 0 Å². The molecule has 0 bridgehead atoms. The van der Waals surface area contributed by atoms with E-state index in [1.165, 1.54) is 25.7 Å². The van der Waals surface area contributed by atoms with Crippen LogP contribution in [-0.4, -0.2) is 11.1 Å². The first-order chi connectivity index (χ1) is 7.25. The molecule has 0 spiro atoms. The van der Waals surface area contributed by atoms with Crippen molar-refractivity contribution < 1.29 is 5.11 Å². The van der Waals surface area contributed by atoms with Crippen molar-refractivity contribution in [3.05, 3.63) is 28.8 Å². The van der Waals surface area contributed by atoms with Gasteiger partial charge in [0.05, 0.1) is 0 Å². The van der Waals surface area contributed by atoms with Crippen molar-refractivity contribution in [2.45, 2.75) is 38.3 Å². The number of nitrogens with one attached hydrogen (secondary N) is 1. The zero-order chi connectivity index (χ0) is 10.7. The Balaban J connectivity index is 1.94. The van der Waals surface area contributed by atoms with Gasteiger partial charge in [-0.2, -0.15) is 0 Å². The van der Waals surface area contributed by atoms with E-state index in [0.717, 1.165) is 5.56 Å². The Bertz CT molecular complexity index is 334. The van der Waals surface area contributed by atoms with E-state index in [-0.39, 0.29) is 0 Å².